The summed E-state index contributed by atoms with van der Waals surface area (Å²) in [6.07, 6.45) is 55.5. The molecule has 0 aliphatic rings. The molecule has 0 aliphatic heterocycles. The monoisotopic (exact) mass is 950 g/mol. The van der Waals surface area contributed by atoms with Crippen molar-refractivity contribution >= 4 is 19.7 Å². The van der Waals surface area contributed by atoms with E-state index in [2.05, 4.69) is 56.5 Å². The molecule has 0 aromatic rings. The molecule has 0 rings (SSSR count). The Morgan fingerprint density at radius 2 is 0.939 bits per heavy atom. The number of carbonyl (C=O) groups excluding carboxylic acids is 2. The van der Waals surface area contributed by atoms with Crippen LogP contribution in [0.5, 0.6) is 0 Å². The van der Waals surface area contributed by atoms with Gasteiger partial charge in [0.25, 0.3) is 0 Å². The van der Waals surface area contributed by atoms with Gasteiger partial charge in [-0.2, -0.15) is 0 Å². The number of nitrogens with one attached hydrogen (secondary N) is 1. The maximum absolute atomic E-state index is 13.4. The summed E-state index contributed by atoms with van der Waals surface area (Å²) >= 11 is 0. The molecule has 10 heteroatoms. The number of phosphoric acid groups is 1. The lowest BCUT2D eigenvalue weighted by Crippen LogP contribution is -2.47. The predicted molar refractivity (Wildman–Crippen MR) is 282 cm³/mol. The van der Waals surface area contributed by atoms with Gasteiger partial charge in [-0.25, -0.2) is 4.57 Å². The highest BCUT2D eigenvalue weighted by atomic mass is 31.2. The quantitative estimate of drug-likeness (QED) is 0.0205. The van der Waals surface area contributed by atoms with Crippen LogP contribution in [-0.4, -0.2) is 74.3 Å². The van der Waals surface area contributed by atoms with Gasteiger partial charge in [-0.1, -0.05) is 205 Å². The van der Waals surface area contributed by atoms with Crippen molar-refractivity contribution in [3.05, 3.63) is 48.6 Å². The maximum Gasteiger partial charge on any atom is 0.472 e. The molecule has 2 N–H and O–H groups in total. The van der Waals surface area contributed by atoms with E-state index in [4.69, 9.17) is 13.8 Å². The number of esters is 1. The first-order valence-electron chi connectivity index (χ1n) is 27.5. The fourth-order valence-electron chi connectivity index (χ4n) is 7.69. The van der Waals surface area contributed by atoms with E-state index in [9.17, 15) is 19.0 Å². The zero-order valence-corrected chi connectivity index (χ0v) is 44.8. The Kier molecular flexibility index (Phi) is 45.3. The molecule has 0 radical (unpaired) electrons. The number of allylic oxidation sites excluding steroid dienone is 7. The van der Waals surface area contributed by atoms with Gasteiger partial charge in [0.1, 0.15) is 19.3 Å². The second-order valence-electron chi connectivity index (χ2n) is 19.7. The molecule has 0 spiro atoms. The number of carbonyl (C=O) groups is 2. The van der Waals surface area contributed by atoms with Gasteiger partial charge in [0.15, 0.2) is 0 Å². The number of likely N-dealkylation sites (N-methyl/N-ethyl adjacent to an activating group) is 1. The molecule has 0 aromatic heterocycles. The van der Waals surface area contributed by atoms with Crippen LogP contribution in [0.2, 0.25) is 0 Å². The molecule has 66 heavy (non-hydrogen) atoms. The molecule has 0 bridgehead atoms. The molecule has 0 aromatic carbocycles. The van der Waals surface area contributed by atoms with E-state index >= 15 is 0 Å². The SMILES string of the molecule is CCCCCCCC/C=C\C/C=C/CCC(=O)OC(/C=C/CCCCCCCCCCC)C(COP(=O)(O)OCC[N+](C)(C)C)NC(=O)CCCCCCC/C=C/CCCCCCCCC. The summed E-state index contributed by atoms with van der Waals surface area (Å²) in [5.41, 5.74) is 0. The number of nitrogens with zero attached hydrogens (tertiary/aromatic N) is 1. The van der Waals surface area contributed by atoms with Crippen LogP contribution in [0.3, 0.4) is 0 Å². The zero-order chi connectivity index (χ0) is 48.7. The van der Waals surface area contributed by atoms with Crippen LogP contribution >= 0.6 is 7.82 Å². The van der Waals surface area contributed by atoms with Crippen molar-refractivity contribution in [3.63, 3.8) is 0 Å². The van der Waals surface area contributed by atoms with Crippen molar-refractivity contribution in [3.8, 4) is 0 Å². The largest absolute Gasteiger partial charge is 0.472 e. The van der Waals surface area contributed by atoms with Crippen LogP contribution in [-0.2, 0) is 27.9 Å². The molecule has 9 nitrogen and oxygen atoms in total. The van der Waals surface area contributed by atoms with Crippen LogP contribution in [0.25, 0.3) is 0 Å². The smallest absolute Gasteiger partial charge is 0.456 e. The minimum atomic E-state index is -4.45. The third-order valence-corrected chi connectivity index (χ3v) is 13.0. The highest BCUT2D eigenvalue weighted by molar-refractivity contribution is 7.47. The Bertz CT molecular complexity index is 1280. The molecule has 1 amide bonds. The summed E-state index contributed by atoms with van der Waals surface area (Å²) in [6.45, 7) is 6.95. The average Bonchev–Trinajstić information content (AvgIpc) is 3.27. The van der Waals surface area contributed by atoms with Crippen LogP contribution in [0.1, 0.15) is 245 Å². The summed E-state index contributed by atoms with van der Waals surface area (Å²) in [5.74, 6) is -0.592. The summed E-state index contributed by atoms with van der Waals surface area (Å²) in [4.78, 5) is 37.4. The molecule has 3 unspecified atom stereocenters. The van der Waals surface area contributed by atoms with E-state index in [0.29, 0.717) is 23.9 Å². The fourth-order valence-corrected chi connectivity index (χ4v) is 8.43. The van der Waals surface area contributed by atoms with Gasteiger partial charge in [0, 0.05) is 12.8 Å². The van der Waals surface area contributed by atoms with E-state index in [1.807, 2.05) is 39.4 Å². The van der Waals surface area contributed by atoms with Gasteiger partial charge in [0.05, 0.1) is 33.8 Å². The highest BCUT2D eigenvalue weighted by Crippen LogP contribution is 2.43. The van der Waals surface area contributed by atoms with E-state index in [1.165, 1.54) is 135 Å². The van der Waals surface area contributed by atoms with E-state index < -0.39 is 25.9 Å². The summed E-state index contributed by atoms with van der Waals surface area (Å²) in [6, 6.07) is -0.872. The average molecular weight is 950 g/mol. The molecule has 0 aliphatic carbocycles. The summed E-state index contributed by atoms with van der Waals surface area (Å²) in [5, 5.41) is 3.02. The lowest BCUT2D eigenvalue weighted by molar-refractivity contribution is -0.870. The Hall–Kier alpha value is -2.03. The Balaban J connectivity index is 5.44. The third-order valence-electron chi connectivity index (χ3n) is 12.0. The summed E-state index contributed by atoms with van der Waals surface area (Å²) in [7, 11) is 1.46. The van der Waals surface area contributed by atoms with Gasteiger partial charge in [-0.3, -0.25) is 18.6 Å². The van der Waals surface area contributed by atoms with Crippen LogP contribution < -0.4 is 5.32 Å². The second-order valence-corrected chi connectivity index (χ2v) is 21.2. The van der Waals surface area contributed by atoms with Crippen molar-refractivity contribution in [2.75, 3.05) is 40.9 Å². The number of ether oxygens (including phenoxy) is 1. The first-order valence-corrected chi connectivity index (χ1v) is 29.0. The van der Waals surface area contributed by atoms with Crippen molar-refractivity contribution < 1.29 is 37.3 Å². The molecular formula is C56H106N2O7P+. The first-order chi connectivity index (χ1) is 31.9. The fraction of sp³-hybridized carbons (Fsp3) is 0.821. The zero-order valence-electron chi connectivity index (χ0n) is 43.9. The van der Waals surface area contributed by atoms with Crippen molar-refractivity contribution in [1.29, 1.82) is 0 Å². The predicted octanol–water partition coefficient (Wildman–Crippen LogP) is 16.2. The Labute approximate surface area is 408 Å². The van der Waals surface area contributed by atoms with Gasteiger partial charge >= 0.3 is 13.8 Å². The number of rotatable bonds is 49. The normalized spacial score (nSPS) is 14.2. The molecule has 3 atom stereocenters. The Morgan fingerprint density at radius 1 is 0.530 bits per heavy atom. The van der Waals surface area contributed by atoms with Crippen molar-refractivity contribution in [1.82, 2.24) is 5.32 Å². The molecule has 0 saturated carbocycles. The van der Waals surface area contributed by atoms with Crippen molar-refractivity contribution in [2.45, 2.75) is 258 Å². The number of phosphoric ester groups is 1. The van der Waals surface area contributed by atoms with E-state index in [1.54, 1.807) is 0 Å². The standard InChI is InChI=1S/C56H105N2O7P/c1-7-10-13-16-19-22-25-27-28-29-31-33-36-39-42-45-48-55(59)57-53(52-64-66(61,62)63-51-50-58(4,5)6)54(47-44-41-38-35-32-24-21-18-15-12-9-3)65-56(60)49-46-43-40-37-34-30-26-23-20-17-14-11-8-2/h28-30,34,40,43-44,47,53-54H,7-27,31-33,35-39,41-42,45-46,48-52H2,1-6H3,(H-,57,59,61,62)/p+1/b29-28+,34-30-,43-40+,47-44+. The maximum atomic E-state index is 13.4. The van der Waals surface area contributed by atoms with Gasteiger partial charge in [-0.15, -0.1) is 0 Å². The van der Waals surface area contributed by atoms with Crippen LogP contribution in [0, 0.1) is 0 Å². The van der Waals surface area contributed by atoms with Crippen LogP contribution in [0.15, 0.2) is 48.6 Å². The molecule has 386 valence electrons. The number of unbranched alkanes of at least 4 members (excludes halogenated alkanes) is 27. The first kappa shape index (κ1) is 64.0. The molecule has 0 saturated heterocycles. The molecular weight excluding hydrogens is 844 g/mol. The van der Waals surface area contributed by atoms with Gasteiger partial charge < -0.3 is 19.4 Å². The van der Waals surface area contributed by atoms with Gasteiger partial charge in [0.2, 0.25) is 5.91 Å². The number of amides is 1. The number of quaternary nitrogens is 1. The van der Waals surface area contributed by atoms with Crippen molar-refractivity contribution in [2.24, 2.45) is 0 Å². The number of hydrogen-bond acceptors (Lipinski definition) is 6. The topological polar surface area (TPSA) is 111 Å². The van der Waals surface area contributed by atoms with Gasteiger partial charge in [-0.05, 0) is 76.7 Å². The minimum absolute atomic E-state index is 0.0311. The highest BCUT2D eigenvalue weighted by Gasteiger charge is 2.30. The van der Waals surface area contributed by atoms with E-state index in [0.717, 1.165) is 70.6 Å². The lowest BCUT2D eigenvalue weighted by Gasteiger charge is -2.27. The molecule has 0 heterocycles. The van der Waals surface area contributed by atoms with E-state index in [-0.39, 0.29) is 25.5 Å². The van der Waals surface area contributed by atoms with Crippen LogP contribution in [0.4, 0.5) is 0 Å². The molecule has 0 fully saturated rings. The third kappa shape index (κ3) is 47.1. The minimum Gasteiger partial charge on any atom is -0.456 e. The second kappa shape index (κ2) is 46.7. The lowest BCUT2D eigenvalue weighted by atomic mass is 10.1. The summed E-state index contributed by atoms with van der Waals surface area (Å²) < 4.78 is 30.5. The number of hydrogen-bond donors (Lipinski definition) is 2. The Morgan fingerprint density at radius 3 is 1.41 bits per heavy atom.